The van der Waals surface area contributed by atoms with E-state index in [2.05, 4.69) is 55.2 Å². The third-order valence-electron chi connectivity index (χ3n) is 4.28. The Morgan fingerprint density at radius 1 is 0.917 bits per heavy atom. The number of pyridine rings is 1. The number of hydrogen-bond donors (Lipinski definition) is 0. The van der Waals surface area contributed by atoms with Crippen molar-refractivity contribution >= 4 is 17.4 Å². The van der Waals surface area contributed by atoms with Crippen molar-refractivity contribution in [2.75, 3.05) is 0 Å². The minimum Gasteiger partial charge on any atom is -0.753 e. The van der Waals surface area contributed by atoms with Crippen LogP contribution >= 0.6 is 12.2 Å². The Balaban J connectivity index is 0.00000163. The van der Waals surface area contributed by atoms with Gasteiger partial charge in [0.05, 0.1) is 0 Å². The van der Waals surface area contributed by atoms with E-state index >= 15 is 0 Å². The fourth-order valence-corrected chi connectivity index (χ4v) is 2.93. The molecule has 24 heavy (non-hydrogen) atoms. The van der Waals surface area contributed by atoms with Crippen molar-refractivity contribution in [3.05, 3.63) is 35.5 Å². The Morgan fingerprint density at radius 2 is 1.38 bits per heavy atom. The Labute approximate surface area is 155 Å². The van der Waals surface area contributed by atoms with Crippen LogP contribution in [0.15, 0.2) is 24.5 Å². The average molecular weight is 349 g/mol. The summed E-state index contributed by atoms with van der Waals surface area (Å²) < 4.78 is 2.33. The fourth-order valence-electron chi connectivity index (χ4n) is 2.93. The van der Waals surface area contributed by atoms with Crippen LogP contribution in [-0.4, -0.2) is 5.16 Å². The zero-order valence-corrected chi connectivity index (χ0v) is 16.6. The summed E-state index contributed by atoms with van der Waals surface area (Å²) in [4.78, 5) is 0. The summed E-state index contributed by atoms with van der Waals surface area (Å²) in [5.41, 5.74) is 1.36. The number of rotatable bonds is 13. The predicted molar refractivity (Wildman–Crippen MR) is 108 cm³/mol. The van der Waals surface area contributed by atoms with Crippen LogP contribution in [0.25, 0.3) is 5.41 Å². The van der Waals surface area contributed by atoms with Gasteiger partial charge in [-0.1, -0.05) is 83.3 Å². The molecule has 0 aliphatic carbocycles. The van der Waals surface area contributed by atoms with E-state index in [4.69, 9.17) is 5.41 Å². The molecule has 0 saturated heterocycles. The molecule has 0 atom stereocenters. The highest BCUT2D eigenvalue weighted by Gasteiger charge is 1.99. The monoisotopic (exact) mass is 348 g/mol. The summed E-state index contributed by atoms with van der Waals surface area (Å²) in [6, 6.07) is 4.31. The number of thiocarbonyl (C=S) groups is 1. The summed E-state index contributed by atoms with van der Waals surface area (Å²) >= 11 is 3.70. The normalized spacial score (nSPS) is 9.92. The smallest absolute Gasteiger partial charge is 0.171 e. The Kier molecular flexibility index (Phi) is 17.5. The van der Waals surface area contributed by atoms with Crippen LogP contribution in [-0.2, 0) is 6.54 Å². The molecule has 0 aromatic carbocycles. The summed E-state index contributed by atoms with van der Waals surface area (Å²) in [5.74, 6) is 0. The van der Waals surface area contributed by atoms with Gasteiger partial charge in [0, 0.05) is 18.1 Å². The fraction of sp³-hybridized carbons (Fsp3) is 0.714. The molecule has 2 nitrogen and oxygen atoms in total. The quantitative estimate of drug-likeness (QED) is 0.170. The Bertz CT molecular complexity index is 426. The van der Waals surface area contributed by atoms with E-state index in [-0.39, 0.29) is 0 Å². The summed E-state index contributed by atoms with van der Waals surface area (Å²) in [5, 5.41) is 8.47. The second-order valence-electron chi connectivity index (χ2n) is 6.60. The molecule has 0 bridgehead atoms. The predicted octanol–water partition coefficient (Wildman–Crippen LogP) is 6.64. The van der Waals surface area contributed by atoms with Crippen molar-refractivity contribution in [1.82, 2.24) is 0 Å². The first-order chi connectivity index (χ1) is 11.7. The number of nitrogens with zero attached hydrogens (tertiary/aromatic N) is 2. The van der Waals surface area contributed by atoms with Crippen LogP contribution in [0.2, 0.25) is 0 Å². The van der Waals surface area contributed by atoms with Gasteiger partial charge >= 0.3 is 0 Å². The van der Waals surface area contributed by atoms with Gasteiger partial charge in [0.15, 0.2) is 12.4 Å². The molecule has 136 valence electrons. The largest absolute Gasteiger partial charge is 0.753 e. The van der Waals surface area contributed by atoms with Crippen LogP contribution in [0.4, 0.5) is 0 Å². The van der Waals surface area contributed by atoms with Crippen molar-refractivity contribution in [1.29, 1.82) is 0 Å². The molecular weight excluding hydrogens is 312 g/mol. The minimum absolute atomic E-state index is 1.18. The molecule has 0 aliphatic heterocycles. The van der Waals surface area contributed by atoms with E-state index in [0.29, 0.717) is 0 Å². The van der Waals surface area contributed by atoms with E-state index in [0.717, 1.165) is 0 Å². The molecular formula is C21H36N2S. The standard InChI is InChI=1S/C20H36N.CNS/c1-3-4-5-6-7-8-9-10-11-12-13-14-17-21-18-15-16-20(2)19-21;2-1-3/h15-16,18-19H,3-14,17H2,1-2H3;/q+1;-1. The maximum absolute atomic E-state index is 7.13. The number of unbranched alkanes of at least 4 members (excludes halogenated alkanes) is 11. The highest BCUT2D eigenvalue weighted by atomic mass is 32.1. The molecule has 0 N–H and O–H groups in total. The molecule has 1 aromatic heterocycles. The Hall–Kier alpha value is -1.05. The van der Waals surface area contributed by atoms with Crippen molar-refractivity contribution in [3.8, 4) is 0 Å². The number of hydrogen-bond acceptors (Lipinski definition) is 1. The van der Waals surface area contributed by atoms with E-state index in [1.807, 2.05) is 0 Å². The van der Waals surface area contributed by atoms with Crippen LogP contribution in [0, 0.1) is 6.92 Å². The minimum atomic E-state index is 1.18. The first-order valence-corrected chi connectivity index (χ1v) is 10.1. The van der Waals surface area contributed by atoms with Crippen molar-refractivity contribution in [2.45, 2.75) is 97.4 Å². The van der Waals surface area contributed by atoms with Gasteiger partial charge in [0.2, 0.25) is 0 Å². The zero-order valence-electron chi connectivity index (χ0n) is 15.8. The van der Waals surface area contributed by atoms with Crippen LogP contribution in [0.3, 0.4) is 0 Å². The third-order valence-corrected chi connectivity index (χ3v) is 4.28. The average Bonchev–Trinajstić information content (AvgIpc) is 2.57. The van der Waals surface area contributed by atoms with Gasteiger partial charge in [-0.2, -0.15) is 5.16 Å². The topological polar surface area (TPSA) is 26.2 Å². The molecule has 0 unspecified atom stereocenters. The van der Waals surface area contributed by atoms with Gasteiger partial charge in [-0.3, -0.25) is 0 Å². The maximum atomic E-state index is 7.13. The van der Waals surface area contributed by atoms with Gasteiger partial charge in [-0.05, 0) is 19.4 Å². The highest BCUT2D eigenvalue weighted by Crippen LogP contribution is 2.11. The van der Waals surface area contributed by atoms with E-state index in [1.165, 1.54) is 94.3 Å². The molecule has 0 spiro atoms. The van der Waals surface area contributed by atoms with Crippen LogP contribution in [0.1, 0.15) is 89.5 Å². The number of aromatic nitrogens is 1. The molecule has 0 radical (unpaired) electrons. The second-order valence-corrected chi connectivity index (χ2v) is 6.78. The first kappa shape index (κ1) is 22.9. The van der Waals surface area contributed by atoms with Gasteiger partial charge in [0.1, 0.15) is 6.54 Å². The molecule has 1 rings (SSSR count). The van der Waals surface area contributed by atoms with E-state index < -0.39 is 0 Å². The molecule has 3 heteroatoms. The molecule has 0 saturated carbocycles. The highest BCUT2D eigenvalue weighted by molar-refractivity contribution is 7.78. The van der Waals surface area contributed by atoms with Crippen molar-refractivity contribution in [2.24, 2.45) is 0 Å². The van der Waals surface area contributed by atoms with Gasteiger partial charge in [0.25, 0.3) is 0 Å². The summed E-state index contributed by atoms with van der Waals surface area (Å²) in [6.07, 6.45) is 21.5. The lowest BCUT2D eigenvalue weighted by molar-refractivity contribution is -0.697. The summed E-state index contributed by atoms with van der Waals surface area (Å²) in [7, 11) is 0. The van der Waals surface area contributed by atoms with Crippen molar-refractivity contribution < 1.29 is 4.57 Å². The van der Waals surface area contributed by atoms with E-state index in [1.54, 1.807) is 0 Å². The Morgan fingerprint density at radius 3 is 1.83 bits per heavy atom. The van der Waals surface area contributed by atoms with Crippen LogP contribution < -0.4 is 4.57 Å². The summed E-state index contributed by atoms with van der Waals surface area (Å²) in [6.45, 7) is 5.63. The molecule has 0 fully saturated rings. The van der Waals surface area contributed by atoms with E-state index in [9.17, 15) is 0 Å². The lowest BCUT2D eigenvalue weighted by atomic mass is 10.1. The van der Waals surface area contributed by atoms with Gasteiger partial charge in [-0.25, -0.2) is 4.57 Å². The lowest BCUT2D eigenvalue weighted by Crippen LogP contribution is -2.32. The zero-order chi connectivity index (χ0) is 17.9. The molecule has 1 aromatic rings. The van der Waals surface area contributed by atoms with Gasteiger partial charge < -0.3 is 5.41 Å². The third kappa shape index (κ3) is 15.8. The number of isothiocyanates is 1. The maximum Gasteiger partial charge on any atom is 0.171 e. The molecule has 0 aliphatic rings. The second kappa shape index (κ2) is 18.3. The number of aryl methyl sites for hydroxylation is 2. The van der Waals surface area contributed by atoms with Crippen LogP contribution in [0.5, 0.6) is 0 Å². The SMILES string of the molecule is CCCCCCCCCCCCCC[n+]1cccc(C)c1.[N-]=C=S. The molecule has 0 amide bonds. The molecule has 1 heterocycles. The van der Waals surface area contributed by atoms with Gasteiger partial charge in [-0.15, -0.1) is 0 Å². The first-order valence-electron chi connectivity index (χ1n) is 9.71. The van der Waals surface area contributed by atoms with Crippen molar-refractivity contribution in [3.63, 3.8) is 0 Å². The lowest BCUT2D eigenvalue weighted by Gasteiger charge is -2.02.